The molecule has 76 valence electrons. The van der Waals surface area contributed by atoms with Gasteiger partial charge in [0.05, 0.1) is 0 Å². The SMILES string of the molecule is CC(=CN(C)C(=O)CO)CC(C)C. The van der Waals surface area contributed by atoms with Crippen molar-refractivity contribution in [3.05, 3.63) is 11.8 Å². The van der Waals surface area contributed by atoms with Crippen LogP contribution in [0.3, 0.4) is 0 Å². The minimum absolute atomic E-state index is 0.275. The van der Waals surface area contributed by atoms with E-state index < -0.39 is 6.61 Å². The summed E-state index contributed by atoms with van der Waals surface area (Å²) in [4.78, 5) is 12.4. The fraction of sp³-hybridized carbons (Fsp3) is 0.700. The molecule has 0 atom stereocenters. The van der Waals surface area contributed by atoms with Crippen LogP contribution in [0.1, 0.15) is 27.2 Å². The third kappa shape index (κ3) is 5.42. The van der Waals surface area contributed by atoms with Crippen molar-refractivity contribution in [2.24, 2.45) is 5.92 Å². The summed E-state index contributed by atoms with van der Waals surface area (Å²) in [7, 11) is 1.66. The molecule has 0 saturated carbocycles. The number of likely N-dealkylation sites (N-methyl/N-ethyl adjacent to an activating group) is 1. The zero-order valence-electron chi connectivity index (χ0n) is 8.87. The zero-order chi connectivity index (χ0) is 10.4. The highest BCUT2D eigenvalue weighted by Crippen LogP contribution is 2.09. The van der Waals surface area contributed by atoms with E-state index in [4.69, 9.17) is 5.11 Å². The summed E-state index contributed by atoms with van der Waals surface area (Å²) in [6.07, 6.45) is 2.75. The molecule has 0 aliphatic heterocycles. The lowest BCUT2D eigenvalue weighted by atomic mass is 10.1. The predicted octanol–water partition coefficient (Wildman–Crippen LogP) is 1.39. The normalized spacial score (nSPS) is 12.0. The fourth-order valence-electron chi connectivity index (χ4n) is 1.21. The molecule has 3 nitrogen and oxygen atoms in total. The summed E-state index contributed by atoms with van der Waals surface area (Å²) in [6, 6.07) is 0. The number of amides is 1. The van der Waals surface area contributed by atoms with Gasteiger partial charge in [-0.15, -0.1) is 0 Å². The Morgan fingerprint density at radius 3 is 2.46 bits per heavy atom. The summed E-state index contributed by atoms with van der Waals surface area (Å²) in [5.41, 5.74) is 1.15. The van der Waals surface area contributed by atoms with Gasteiger partial charge in [-0.1, -0.05) is 19.4 Å². The van der Waals surface area contributed by atoms with E-state index >= 15 is 0 Å². The maximum atomic E-state index is 11.0. The number of aliphatic hydroxyl groups excluding tert-OH is 1. The van der Waals surface area contributed by atoms with Crippen molar-refractivity contribution in [2.45, 2.75) is 27.2 Å². The van der Waals surface area contributed by atoms with E-state index in [1.165, 1.54) is 4.90 Å². The van der Waals surface area contributed by atoms with E-state index in [1.807, 2.05) is 6.92 Å². The molecular formula is C10H19NO2. The number of rotatable bonds is 4. The number of carbonyl (C=O) groups is 1. The minimum atomic E-state index is -0.429. The summed E-state index contributed by atoms with van der Waals surface area (Å²) in [5.74, 6) is 0.317. The molecule has 0 spiro atoms. The van der Waals surface area contributed by atoms with E-state index in [2.05, 4.69) is 13.8 Å². The van der Waals surface area contributed by atoms with Crippen LogP contribution in [0.25, 0.3) is 0 Å². The van der Waals surface area contributed by atoms with Crippen molar-refractivity contribution >= 4 is 5.91 Å². The Morgan fingerprint density at radius 2 is 2.08 bits per heavy atom. The lowest BCUT2D eigenvalue weighted by Crippen LogP contribution is -2.24. The zero-order valence-corrected chi connectivity index (χ0v) is 8.87. The summed E-state index contributed by atoms with van der Waals surface area (Å²) in [6.45, 7) is 5.82. The molecule has 0 heterocycles. The molecule has 0 aromatic heterocycles. The first-order valence-electron chi connectivity index (χ1n) is 4.51. The Bertz CT molecular complexity index is 197. The topological polar surface area (TPSA) is 40.5 Å². The quantitative estimate of drug-likeness (QED) is 0.719. The van der Waals surface area contributed by atoms with E-state index in [1.54, 1.807) is 13.2 Å². The van der Waals surface area contributed by atoms with Crippen LogP contribution in [0, 0.1) is 5.92 Å². The molecular weight excluding hydrogens is 166 g/mol. The molecule has 0 saturated heterocycles. The van der Waals surface area contributed by atoms with Crippen molar-refractivity contribution in [1.82, 2.24) is 4.90 Å². The second-order valence-electron chi connectivity index (χ2n) is 3.74. The van der Waals surface area contributed by atoms with Crippen molar-refractivity contribution < 1.29 is 9.90 Å². The Morgan fingerprint density at radius 1 is 1.54 bits per heavy atom. The molecule has 0 bridgehead atoms. The van der Waals surface area contributed by atoms with Gasteiger partial charge in [0.15, 0.2) is 0 Å². The van der Waals surface area contributed by atoms with Gasteiger partial charge in [-0.2, -0.15) is 0 Å². The Hall–Kier alpha value is -0.830. The smallest absolute Gasteiger partial charge is 0.251 e. The van der Waals surface area contributed by atoms with Crippen molar-refractivity contribution in [3.8, 4) is 0 Å². The number of hydrogen-bond acceptors (Lipinski definition) is 2. The molecule has 0 radical (unpaired) electrons. The highest BCUT2D eigenvalue weighted by molar-refractivity contribution is 5.77. The van der Waals surface area contributed by atoms with E-state index in [0.717, 1.165) is 12.0 Å². The van der Waals surface area contributed by atoms with Gasteiger partial charge in [0, 0.05) is 13.2 Å². The largest absolute Gasteiger partial charge is 0.387 e. The minimum Gasteiger partial charge on any atom is -0.387 e. The van der Waals surface area contributed by atoms with Crippen LogP contribution in [0.15, 0.2) is 11.8 Å². The van der Waals surface area contributed by atoms with Gasteiger partial charge in [0.25, 0.3) is 5.91 Å². The number of hydrogen-bond donors (Lipinski definition) is 1. The first kappa shape index (κ1) is 12.2. The van der Waals surface area contributed by atoms with Crippen LogP contribution in [0.5, 0.6) is 0 Å². The van der Waals surface area contributed by atoms with Crippen LogP contribution in [0.4, 0.5) is 0 Å². The highest BCUT2D eigenvalue weighted by Gasteiger charge is 2.04. The van der Waals surface area contributed by atoms with Crippen LogP contribution in [0.2, 0.25) is 0 Å². The second kappa shape index (κ2) is 5.75. The third-order valence-electron chi connectivity index (χ3n) is 1.67. The maximum Gasteiger partial charge on any atom is 0.251 e. The fourth-order valence-corrected chi connectivity index (χ4v) is 1.21. The molecule has 0 aromatic carbocycles. The third-order valence-corrected chi connectivity index (χ3v) is 1.67. The molecule has 3 heteroatoms. The van der Waals surface area contributed by atoms with Gasteiger partial charge >= 0.3 is 0 Å². The number of aliphatic hydroxyl groups is 1. The van der Waals surface area contributed by atoms with Crippen molar-refractivity contribution in [3.63, 3.8) is 0 Å². The molecule has 1 N–H and O–H groups in total. The van der Waals surface area contributed by atoms with Crippen molar-refractivity contribution in [1.29, 1.82) is 0 Å². The van der Waals surface area contributed by atoms with Gasteiger partial charge in [-0.25, -0.2) is 0 Å². The second-order valence-corrected chi connectivity index (χ2v) is 3.74. The average Bonchev–Trinajstić information content (AvgIpc) is 2.01. The lowest BCUT2D eigenvalue weighted by molar-refractivity contribution is -0.130. The highest BCUT2D eigenvalue weighted by atomic mass is 16.3. The molecule has 0 rings (SSSR count). The maximum absolute atomic E-state index is 11.0. The predicted molar refractivity (Wildman–Crippen MR) is 53.1 cm³/mol. The number of allylic oxidation sites excluding steroid dienone is 1. The average molecular weight is 185 g/mol. The van der Waals surface area contributed by atoms with Crippen molar-refractivity contribution in [2.75, 3.05) is 13.7 Å². The van der Waals surface area contributed by atoms with Crippen LogP contribution in [-0.4, -0.2) is 29.6 Å². The molecule has 0 fully saturated rings. The standard InChI is InChI=1S/C10H19NO2/c1-8(2)5-9(3)6-11(4)10(13)7-12/h6,8,12H,5,7H2,1-4H3. The molecule has 0 unspecified atom stereocenters. The van der Waals surface area contributed by atoms with Crippen LogP contribution >= 0.6 is 0 Å². The molecule has 0 aliphatic carbocycles. The van der Waals surface area contributed by atoms with E-state index in [0.29, 0.717) is 5.92 Å². The summed E-state index contributed by atoms with van der Waals surface area (Å²) >= 11 is 0. The molecule has 0 aromatic rings. The number of carbonyl (C=O) groups excluding carboxylic acids is 1. The molecule has 13 heavy (non-hydrogen) atoms. The Kier molecular flexibility index (Phi) is 5.39. The van der Waals surface area contributed by atoms with Gasteiger partial charge in [0.2, 0.25) is 0 Å². The van der Waals surface area contributed by atoms with Gasteiger partial charge in [0.1, 0.15) is 6.61 Å². The molecule has 0 aliphatic rings. The van der Waals surface area contributed by atoms with Gasteiger partial charge in [-0.05, 0) is 19.3 Å². The Balaban J connectivity index is 4.13. The van der Waals surface area contributed by atoms with Crippen LogP contribution < -0.4 is 0 Å². The first-order valence-corrected chi connectivity index (χ1v) is 4.51. The van der Waals surface area contributed by atoms with Crippen LogP contribution in [-0.2, 0) is 4.79 Å². The van der Waals surface area contributed by atoms with Gasteiger partial charge in [-0.3, -0.25) is 4.79 Å². The number of nitrogens with zero attached hydrogens (tertiary/aromatic N) is 1. The lowest BCUT2D eigenvalue weighted by Gasteiger charge is -2.13. The summed E-state index contributed by atoms with van der Waals surface area (Å²) < 4.78 is 0. The van der Waals surface area contributed by atoms with E-state index in [-0.39, 0.29) is 5.91 Å². The Labute approximate surface area is 80.0 Å². The first-order chi connectivity index (χ1) is 5.97. The van der Waals surface area contributed by atoms with E-state index in [9.17, 15) is 4.79 Å². The monoisotopic (exact) mass is 185 g/mol. The van der Waals surface area contributed by atoms with Gasteiger partial charge < -0.3 is 10.0 Å². The summed E-state index contributed by atoms with van der Waals surface area (Å²) in [5, 5.41) is 8.58. The molecule has 1 amide bonds.